The van der Waals surface area contributed by atoms with Crippen LogP contribution in [0, 0.1) is 0 Å². The number of carbonyl (C=O) groups excluding carboxylic acids is 1. The molecule has 19 heavy (non-hydrogen) atoms. The Bertz CT molecular complexity index is 609. The van der Waals surface area contributed by atoms with E-state index >= 15 is 0 Å². The molecule has 2 aromatic rings. The van der Waals surface area contributed by atoms with Gasteiger partial charge in [-0.2, -0.15) is 5.10 Å². The minimum atomic E-state index is -0.464. The summed E-state index contributed by atoms with van der Waals surface area (Å²) in [5, 5.41) is 13.5. The second-order valence-electron chi connectivity index (χ2n) is 3.87. The number of hydrazone groups is 1. The van der Waals surface area contributed by atoms with E-state index < -0.39 is 5.91 Å². The average molecular weight is 255 g/mol. The van der Waals surface area contributed by atoms with E-state index in [9.17, 15) is 9.90 Å². The Labute approximate surface area is 110 Å². The SMILES string of the molecule is CC(=NNC(=O)c1ccccc1O)c1ccccn1. The molecular weight excluding hydrogens is 242 g/mol. The summed E-state index contributed by atoms with van der Waals surface area (Å²) < 4.78 is 0. The number of aromatic hydroxyl groups is 1. The molecule has 0 aliphatic rings. The van der Waals surface area contributed by atoms with Crippen LogP contribution in [-0.4, -0.2) is 21.7 Å². The highest BCUT2D eigenvalue weighted by atomic mass is 16.3. The summed E-state index contributed by atoms with van der Waals surface area (Å²) >= 11 is 0. The lowest BCUT2D eigenvalue weighted by Gasteiger charge is -2.03. The van der Waals surface area contributed by atoms with Gasteiger partial charge in [0.05, 0.1) is 17.0 Å². The molecule has 2 N–H and O–H groups in total. The van der Waals surface area contributed by atoms with Gasteiger partial charge in [-0.3, -0.25) is 9.78 Å². The molecule has 0 spiro atoms. The molecule has 0 bridgehead atoms. The number of phenols is 1. The summed E-state index contributed by atoms with van der Waals surface area (Å²) in [5.41, 5.74) is 3.84. The van der Waals surface area contributed by atoms with Crippen LogP contribution in [0.2, 0.25) is 0 Å². The fourth-order valence-electron chi connectivity index (χ4n) is 1.49. The number of para-hydroxylation sites is 1. The van der Waals surface area contributed by atoms with Crippen molar-refractivity contribution in [3.8, 4) is 5.75 Å². The molecule has 0 unspecified atom stereocenters. The molecule has 0 saturated carbocycles. The van der Waals surface area contributed by atoms with Gasteiger partial charge in [-0.1, -0.05) is 18.2 Å². The van der Waals surface area contributed by atoms with Gasteiger partial charge in [0.25, 0.3) is 5.91 Å². The number of benzene rings is 1. The maximum atomic E-state index is 11.8. The zero-order chi connectivity index (χ0) is 13.7. The van der Waals surface area contributed by atoms with Crippen LogP contribution in [0.5, 0.6) is 5.75 Å². The summed E-state index contributed by atoms with van der Waals surface area (Å²) in [5.74, 6) is -0.543. The first kappa shape index (κ1) is 12.8. The Morgan fingerprint density at radius 2 is 1.95 bits per heavy atom. The maximum absolute atomic E-state index is 11.8. The number of phenolic OH excluding ortho intramolecular Hbond substituents is 1. The standard InChI is InChI=1S/C14H13N3O2/c1-10(12-7-4-5-9-15-12)16-17-14(19)11-6-2-3-8-13(11)18/h2-9,18H,1H3,(H,17,19). The maximum Gasteiger partial charge on any atom is 0.275 e. The molecule has 0 aliphatic carbocycles. The number of amides is 1. The van der Waals surface area contributed by atoms with Crippen LogP contribution >= 0.6 is 0 Å². The van der Waals surface area contributed by atoms with E-state index in [1.807, 2.05) is 6.07 Å². The van der Waals surface area contributed by atoms with Crippen LogP contribution in [0.15, 0.2) is 53.8 Å². The molecule has 1 amide bonds. The number of rotatable bonds is 3. The van der Waals surface area contributed by atoms with Gasteiger partial charge in [0.2, 0.25) is 0 Å². The van der Waals surface area contributed by atoms with E-state index in [-0.39, 0.29) is 11.3 Å². The minimum Gasteiger partial charge on any atom is -0.507 e. The van der Waals surface area contributed by atoms with E-state index in [0.717, 1.165) is 0 Å². The van der Waals surface area contributed by atoms with Crippen molar-refractivity contribution in [3.63, 3.8) is 0 Å². The fourth-order valence-corrected chi connectivity index (χ4v) is 1.49. The number of hydrogen-bond donors (Lipinski definition) is 2. The Hall–Kier alpha value is -2.69. The molecular formula is C14H13N3O2. The summed E-state index contributed by atoms with van der Waals surface area (Å²) in [7, 11) is 0. The number of hydrogen-bond acceptors (Lipinski definition) is 4. The van der Waals surface area contributed by atoms with Gasteiger partial charge in [-0.15, -0.1) is 0 Å². The zero-order valence-electron chi connectivity index (χ0n) is 10.4. The number of nitrogens with one attached hydrogen (secondary N) is 1. The largest absolute Gasteiger partial charge is 0.507 e. The second kappa shape index (κ2) is 5.77. The van der Waals surface area contributed by atoms with Crippen LogP contribution in [0.25, 0.3) is 0 Å². The third kappa shape index (κ3) is 3.16. The monoisotopic (exact) mass is 255 g/mol. The van der Waals surface area contributed by atoms with Crippen molar-refractivity contribution in [2.24, 2.45) is 5.10 Å². The summed E-state index contributed by atoms with van der Waals surface area (Å²) in [6.45, 7) is 1.74. The van der Waals surface area contributed by atoms with E-state index in [0.29, 0.717) is 11.4 Å². The van der Waals surface area contributed by atoms with Crippen LogP contribution < -0.4 is 5.43 Å². The van der Waals surface area contributed by atoms with Crippen molar-refractivity contribution in [1.82, 2.24) is 10.4 Å². The smallest absolute Gasteiger partial charge is 0.275 e. The van der Waals surface area contributed by atoms with Crippen molar-refractivity contribution < 1.29 is 9.90 Å². The predicted molar refractivity (Wildman–Crippen MR) is 72.0 cm³/mol. The lowest BCUT2D eigenvalue weighted by Crippen LogP contribution is -2.19. The Balaban J connectivity index is 2.11. The van der Waals surface area contributed by atoms with Crippen molar-refractivity contribution in [1.29, 1.82) is 0 Å². The van der Waals surface area contributed by atoms with Gasteiger partial charge in [-0.05, 0) is 31.2 Å². The third-order valence-electron chi connectivity index (χ3n) is 2.51. The number of carbonyl (C=O) groups is 1. The van der Waals surface area contributed by atoms with Gasteiger partial charge in [0, 0.05) is 6.20 Å². The summed E-state index contributed by atoms with van der Waals surface area (Å²) in [6, 6.07) is 11.7. The summed E-state index contributed by atoms with van der Waals surface area (Å²) in [4.78, 5) is 15.9. The molecule has 0 fully saturated rings. The highest BCUT2D eigenvalue weighted by Crippen LogP contribution is 2.14. The quantitative estimate of drug-likeness (QED) is 0.650. The van der Waals surface area contributed by atoms with Crippen LogP contribution in [0.4, 0.5) is 0 Å². The van der Waals surface area contributed by atoms with Gasteiger partial charge < -0.3 is 5.11 Å². The number of pyridine rings is 1. The van der Waals surface area contributed by atoms with Crippen molar-refractivity contribution in [3.05, 3.63) is 59.9 Å². The van der Waals surface area contributed by atoms with E-state index in [4.69, 9.17) is 0 Å². The van der Waals surface area contributed by atoms with Gasteiger partial charge in [-0.25, -0.2) is 5.43 Å². The Morgan fingerprint density at radius 3 is 2.63 bits per heavy atom. The van der Waals surface area contributed by atoms with Crippen molar-refractivity contribution >= 4 is 11.6 Å². The van der Waals surface area contributed by atoms with Crippen molar-refractivity contribution in [2.75, 3.05) is 0 Å². The van der Waals surface area contributed by atoms with Gasteiger partial charge >= 0.3 is 0 Å². The first-order chi connectivity index (χ1) is 9.18. The summed E-state index contributed by atoms with van der Waals surface area (Å²) in [6.07, 6.45) is 1.65. The molecule has 0 atom stereocenters. The highest BCUT2D eigenvalue weighted by molar-refractivity contribution is 6.00. The molecule has 1 aromatic carbocycles. The molecule has 0 radical (unpaired) electrons. The fraction of sp³-hybridized carbons (Fsp3) is 0.0714. The van der Waals surface area contributed by atoms with E-state index in [1.165, 1.54) is 12.1 Å². The molecule has 0 aliphatic heterocycles. The average Bonchev–Trinajstić information content (AvgIpc) is 2.46. The van der Waals surface area contributed by atoms with E-state index in [2.05, 4.69) is 15.5 Å². The van der Waals surface area contributed by atoms with Crippen LogP contribution in [0.3, 0.4) is 0 Å². The van der Waals surface area contributed by atoms with Crippen LogP contribution in [0.1, 0.15) is 23.0 Å². The lowest BCUT2D eigenvalue weighted by molar-refractivity contribution is 0.0952. The molecule has 1 heterocycles. The lowest BCUT2D eigenvalue weighted by atomic mass is 10.2. The van der Waals surface area contributed by atoms with E-state index in [1.54, 1.807) is 37.4 Å². The normalized spacial score (nSPS) is 11.1. The first-order valence-electron chi connectivity index (χ1n) is 5.72. The highest BCUT2D eigenvalue weighted by Gasteiger charge is 2.09. The third-order valence-corrected chi connectivity index (χ3v) is 2.51. The Morgan fingerprint density at radius 1 is 1.21 bits per heavy atom. The van der Waals surface area contributed by atoms with Gasteiger partial charge in [0.15, 0.2) is 0 Å². The Kier molecular flexibility index (Phi) is 3.87. The zero-order valence-corrected chi connectivity index (χ0v) is 10.4. The first-order valence-corrected chi connectivity index (χ1v) is 5.72. The molecule has 2 rings (SSSR count). The van der Waals surface area contributed by atoms with Crippen molar-refractivity contribution in [2.45, 2.75) is 6.92 Å². The number of nitrogens with zero attached hydrogens (tertiary/aromatic N) is 2. The molecule has 5 heteroatoms. The topological polar surface area (TPSA) is 74.6 Å². The molecule has 1 aromatic heterocycles. The molecule has 5 nitrogen and oxygen atoms in total. The van der Waals surface area contributed by atoms with Gasteiger partial charge in [0.1, 0.15) is 5.75 Å². The second-order valence-corrected chi connectivity index (χ2v) is 3.87. The van der Waals surface area contributed by atoms with Crippen LogP contribution in [-0.2, 0) is 0 Å². The molecule has 96 valence electrons. The predicted octanol–water partition coefficient (Wildman–Crippen LogP) is 1.94. The molecule has 0 saturated heterocycles. The number of aromatic nitrogens is 1. The minimum absolute atomic E-state index is 0.0781.